The molecule has 102 valence electrons. The Morgan fingerprint density at radius 2 is 2.25 bits per heavy atom. The molecule has 2 aromatic heterocycles. The van der Waals surface area contributed by atoms with Crippen molar-refractivity contribution in [3.05, 3.63) is 45.3 Å². The Morgan fingerprint density at radius 3 is 2.90 bits per heavy atom. The minimum absolute atomic E-state index is 0.150. The van der Waals surface area contributed by atoms with Crippen molar-refractivity contribution >= 4 is 23.1 Å². The molecule has 20 heavy (non-hydrogen) atoms. The number of rotatable bonds is 2. The Bertz CT molecular complexity index is 675. The normalized spacial score (nSPS) is 9.75. The predicted octanol–water partition coefficient (Wildman–Crippen LogP) is 2.32. The Labute approximate surface area is 122 Å². The van der Waals surface area contributed by atoms with Crippen molar-refractivity contribution in [1.29, 1.82) is 0 Å². The lowest BCUT2D eigenvalue weighted by Crippen LogP contribution is -2.11. The SMILES string of the molecule is Cc1cc(C(=O)Nc2cccc(C#CCN)n2)sc1C. The molecular formula is C15H15N3OS. The van der Waals surface area contributed by atoms with Gasteiger partial charge >= 0.3 is 0 Å². The molecule has 0 bridgehead atoms. The molecule has 0 aliphatic carbocycles. The zero-order valence-electron chi connectivity index (χ0n) is 11.4. The smallest absolute Gasteiger partial charge is 0.266 e. The molecule has 0 spiro atoms. The number of hydrogen-bond donors (Lipinski definition) is 2. The first-order valence-electron chi connectivity index (χ1n) is 6.14. The average Bonchev–Trinajstić information content (AvgIpc) is 2.77. The fourth-order valence-corrected chi connectivity index (χ4v) is 2.51. The number of amides is 1. The second kappa shape index (κ2) is 6.33. The molecule has 2 rings (SSSR count). The van der Waals surface area contributed by atoms with Crippen LogP contribution in [0.4, 0.5) is 5.82 Å². The molecule has 0 aliphatic heterocycles. The highest BCUT2D eigenvalue weighted by atomic mass is 32.1. The molecule has 0 aliphatic rings. The molecule has 0 saturated carbocycles. The maximum atomic E-state index is 12.1. The van der Waals surface area contributed by atoms with E-state index < -0.39 is 0 Å². The van der Waals surface area contributed by atoms with Gasteiger partial charge in [0.1, 0.15) is 11.5 Å². The summed E-state index contributed by atoms with van der Waals surface area (Å²) >= 11 is 1.48. The molecule has 0 atom stereocenters. The summed E-state index contributed by atoms with van der Waals surface area (Å²) in [5.41, 5.74) is 7.03. The van der Waals surface area contributed by atoms with Crippen molar-refractivity contribution < 1.29 is 4.79 Å². The second-order valence-electron chi connectivity index (χ2n) is 4.22. The van der Waals surface area contributed by atoms with Crippen molar-refractivity contribution in [2.45, 2.75) is 13.8 Å². The van der Waals surface area contributed by atoms with Crippen LogP contribution in [0.3, 0.4) is 0 Å². The van der Waals surface area contributed by atoms with Gasteiger partial charge in [-0.1, -0.05) is 12.0 Å². The van der Waals surface area contributed by atoms with Crippen LogP contribution in [-0.4, -0.2) is 17.4 Å². The van der Waals surface area contributed by atoms with E-state index in [0.29, 0.717) is 16.4 Å². The van der Waals surface area contributed by atoms with Gasteiger partial charge < -0.3 is 11.1 Å². The molecule has 0 radical (unpaired) electrons. The zero-order chi connectivity index (χ0) is 14.5. The summed E-state index contributed by atoms with van der Waals surface area (Å²) in [6.45, 7) is 4.27. The number of aromatic nitrogens is 1. The van der Waals surface area contributed by atoms with Gasteiger partial charge in [0.25, 0.3) is 5.91 Å². The monoisotopic (exact) mass is 285 g/mol. The van der Waals surface area contributed by atoms with Gasteiger partial charge in [-0.15, -0.1) is 11.3 Å². The average molecular weight is 285 g/mol. The number of hydrogen-bond acceptors (Lipinski definition) is 4. The van der Waals surface area contributed by atoms with Crippen molar-refractivity contribution in [2.75, 3.05) is 11.9 Å². The van der Waals surface area contributed by atoms with Gasteiger partial charge in [-0.25, -0.2) is 4.98 Å². The third-order valence-corrected chi connectivity index (χ3v) is 3.85. The van der Waals surface area contributed by atoms with Gasteiger partial charge in [0.05, 0.1) is 11.4 Å². The Hall–Kier alpha value is -2.16. The maximum Gasteiger partial charge on any atom is 0.266 e. The summed E-state index contributed by atoms with van der Waals surface area (Å²) in [4.78, 5) is 18.2. The summed E-state index contributed by atoms with van der Waals surface area (Å²) in [5, 5.41) is 2.78. The first-order chi connectivity index (χ1) is 9.60. The Balaban J connectivity index is 2.15. The van der Waals surface area contributed by atoms with Crippen LogP contribution in [0.5, 0.6) is 0 Å². The molecule has 4 nitrogen and oxygen atoms in total. The topological polar surface area (TPSA) is 68.0 Å². The fraction of sp³-hybridized carbons (Fsp3) is 0.200. The molecule has 5 heteroatoms. The van der Waals surface area contributed by atoms with E-state index >= 15 is 0 Å². The lowest BCUT2D eigenvalue weighted by Gasteiger charge is -2.02. The lowest BCUT2D eigenvalue weighted by atomic mass is 10.3. The molecule has 2 aromatic rings. The summed E-state index contributed by atoms with van der Waals surface area (Å²) in [6.07, 6.45) is 0. The van der Waals surface area contributed by atoms with Crippen molar-refractivity contribution in [2.24, 2.45) is 5.73 Å². The minimum Gasteiger partial charge on any atom is -0.320 e. The van der Waals surface area contributed by atoms with E-state index in [1.807, 2.05) is 19.9 Å². The van der Waals surface area contributed by atoms with Crippen molar-refractivity contribution in [1.82, 2.24) is 4.98 Å². The van der Waals surface area contributed by atoms with Crippen LogP contribution in [0.25, 0.3) is 0 Å². The Kier molecular flexibility index (Phi) is 4.51. The highest BCUT2D eigenvalue weighted by Crippen LogP contribution is 2.21. The van der Waals surface area contributed by atoms with Gasteiger partial charge in [0.2, 0.25) is 0 Å². The number of nitrogens with two attached hydrogens (primary N) is 1. The van der Waals surface area contributed by atoms with Crippen LogP contribution in [0.2, 0.25) is 0 Å². The van der Waals surface area contributed by atoms with Crippen molar-refractivity contribution in [3.63, 3.8) is 0 Å². The van der Waals surface area contributed by atoms with E-state index in [1.165, 1.54) is 11.3 Å². The van der Waals surface area contributed by atoms with Gasteiger partial charge in [-0.3, -0.25) is 4.79 Å². The van der Waals surface area contributed by atoms with E-state index in [2.05, 4.69) is 22.1 Å². The van der Waals surface area contributed by atoms with Crippen LogP contribution in [0.15, 0.2) is 24.3 Å². The number of nitrogens with zero attached hydrogens (tertiary/aromatic N) is 1. The first-order valence-corrected chi connectivity index (χ1v) is 6.96. The predicted molar refractivity (Wildman–Crippen MR) is 81.9 cm³/mol. The van der Waals surface area contributed by atoms with E-state index in [0.717, 1.165) is 10.4 Å². The van der Waals surface area contributed by atoms with Gasteiger partial charge in [-0.05, 0) is 43.5 Å². The maximum absolute atomic E-state index is 12.1. The van der Waals surface area contributed by atoms with E-state index in [-0.39, 0.29) is 12.5 Å². The number of pyridine rings is 1. The van der Waals surface area contributed by atoms with E-state index in [4.69, 9.17) is 5.73 Å². The van der Waals surface area contributed by atoms with E-state index in [9.17, 15) is 4.79 Å². The lowest BCUT2D eigenvalue weighted by molar-refractivity contribution is 0.103. The van der Waals surface area contributed by atoms with Gasteiger partial charge in [-0.2, -0.15) is 0 Å². The van der Waals surface area contributed by atoms with Crippen LogP contribution < -0.4 is 11.1 Å². The molecule has 2 heterocycles. The minimum atomic E-state index is -0.150. The number of carbonyl (C=O) groups is 1. The first kappa shape index (κ1) is 14.3. The van der Waals surface area contributed by atoms with Gasteiger partial charge in [0.15, 0.2) is 0 Å². The quantitative estimate of drug-likeness (QED) is 0.832. The molecule has 0 saturated heterocycles. The van der Waals surface area contributed by atoms with E-state index in [1.54, 1.807) is 18.2 Å². The summed E-state index contributed by atoms with van der Waals surface area (Å²) in [7, 11) is 0. The van der Waals surface area contributed by atoms with Crippen LogP contribution in [0.1, 0.15) is 25.8 Å². The number of nitrogens with one attached hydrogen (secondary N) is 1. The highest BCUT2D eigenvalue weighted by Gasteiger charge is 2.11. The summed E-state index contributed by atoms with van der Waals surface area (Å²) in [5.74, 6) is 5.91. The second-order valence-corrected chi connectivity index (χ2v) is 5.47. The van der Waals surface area contributed by atoms with Gasteiger partial charge in [0, 0.05) is 4.88 Å². The largest absolute Gasteiger partial charge is 0.320 e. The highest BCUT2D eigenvalue weighted by molar-refractivity contribution is 7.14. The Morgan fingerprint density at radius 1 is 1.45 bits per heavy atom. The van der Waals surface area contributed by atoms with Crippen LogP contribution in [-0.2, 0) is 0 Å². The molecule has 0 fully saturated rings. The summed E-state index contributed by atoms with van der Waals surface area (Å²) < 4.78 is 0. The zero-order valence-corrected chi connectivity index (χ0v) is 12.2. The molecule has 0 aromatic carbocycles. The van der Waals surface area contributed by atoms with Crippen LogP contribution >= 0.6 is 11.3 Å². The number of carbonyl (C=O) groups excluding carboxylic acids is 1. The molecule has 0 unspecified atom stereocenters. The fourth-order valence-electron chi connectivity index (χ4n) is 1.58. The standard InChI is InChI=1S/C15H15N3OS/c1-10-9-13(20-11(10)2)15(19)18-14-7-3-5-12(17-14)6-4-8-16/h3,5,7,9H,8,16H2,1-2H3,(H,17,18,19). The third-order valence-electron chi connectivity index (χ3n) is 2.70. The van der Waals surface area contributed by atoms with Crippen molar-refractivity contribution in [3.8, 4) is 11.8 Å². The molecular weight excluding hydrogens is 270 g/mol. The number of thiophene rings is 1. The number of anilines is 1. The number of aryl methyl sites for hydroxylation is 2. The van der Waals surface area contributed by atoms with Crippen LogP contribution in [0, 0.1) is 25.7 Å². The summed E-state index contributed by atoms with van der Waals surface area (Å²) in [6, 6.07) is 7.19. The third kappa shape index (κ3) is 3.44. The molecule has 1 amide bonds. The molecule has 3 N–H and O–H groups in total.